The molecule has 3 nitrogen and oxygen atoms in total. The quantitative estimate of drug-likeness (QED) is 0.101. The molecule has 0 atom stereocenters. The van der Waals surface area contributed by atoms with E-state index < -0.39 is 8.07 Å². The number of nitrogens with zero attached hydrogens (tertiary/aromatic N) is 3. The second kappa shape index (κ2) is 19.5. The van der Waals surface area contributed by atoms with Crippen molar-refractivity contribution >= 4 is 24.3 Å². The van der Waals surface area contributed by atoms with Crippen LogP contribution in [0, 0.1) is 18.1 Å². The van der Waals surface area contributed by atoms with Crippen LogP contribution in [0.15, 0.2) is 152 Å². The molecule has 0 amide bonds. The molecule has 0 bridgehead atoms. The number of para-hydroxylation sites is 2. The van der Waals surface area contributed by atoms with Crippen molar-refractivity contribution in [2.75, 3.05) is 0 Å². The van der Waals surface area contributed by atoms with Gasteiger partial charge in [0.2, 0.25) is 0 Å². The molecule has 6 aromatic carbocycles. The Morgan fingerprint density at radius 3 is 1.75 bits per heavy atom. The Kier molecular flexibility index (Phi) is 14.4. The van der Waals surface area contributed by atoms with Gasteiger partial charge in [0.15, 0.2) is 0 Å². The van der Waals surface area contributed by atoms with Gasteiger partial charge in [0.05, 0.1) is 24.9 Å². The van der Waals surface area contributed by atoms with Gasteiger partial charge in [-0.05, 0) is 87.1 Å². The van der Waals surface area contributed by atoms with Gasteiger partial charge in [-0.15, -0.1) is 71.3 Å². The zero-order valence-corrected chi connectivity index (χ0v) is 39.9. The van der Waals surface area contributed by atoms with Crippen molar-refractivity contribution in [1.29, 1.82) is 0 Å². The first kappa shape index (κ1) is 44.4. The van der Waals surface area contributed by atoms with Crippen molar-refractivity contribution in [3.05, 3.63) is 181 Å². The summed E-state index contributed by atoms with van der Waals surface area (Å²) in [6, 6.07) is 58.0. The summed E-state index contributed by atoms with van der Waals surface area (Å²) in [5, 5.41) is 1.49. The van der Waals surface area contributed by atoms with Gasteiger partial charge in [-0.1, -0.05) is 146 Å². The molecule has 0 aliphatic heterocycles. The molecule has 0 unspecified atom stereocenters. The number of rotatable bonds is 10. The fourth-order valence-corrected chi connectivity index (χ4v) is 9.53. The molecule has 0 saturated carbocycles. The molecular formula is C55H57IrN3Si-2. The van der Waals surface area contributed by atoms with Gasteiger partial charge in [-0.2, -0.15) is 0 Å². The summed E-state index contributed by atoms with van der Waals surface area (Å²) in [4.78, 5) is 9.89. The second-order valence-electron chi connectivity index (χ2n) is 17.6. The van der Waals surface area contributed by atoms with E-state index in [0.29, 0.717) is 17.8 Å². The van der Waals surface area contributed by atoms with Crippen LogP contribution in [0.25, 0.3) is 61.6 Å². The Morgan fingerprint density at radius 1 is 0.583 bits per heavy atom. The van der Waals surface area contributed by atoms with Crippen LogP contribution in [-0.4, -0.2) is 22.6 Å². The normalized spacial score (nSPS) is 11.5. The Hall–Kier alpha value is -5.19. The smallest absolute Gasteiger partial charge is 0.0798 e. The molecule has 5 heteroatoms. The van der Waals surface area contributed by atoms with Crippen LogP contribution in [-0.2, 0) is 26.5 Å². The first-order valence-electron chi connectivity index (χ1n) is 21.1. The maximum Gasteiger partial charge on any atom is 0.0798 e. The van der Waals surface area contributed by atoms with Crippen LogP contribution in [0.3, 0.4) is 0 Å². The van der Waals surface area contributed by atoms with Crippen molar-refractivity contribution < 1.29 is 20.1 Å². The summed E-state index contributed by atoms with van der Waals surface area (Å²) in [5.41, 5.74) is 15.4. The van der Waals surface area contributed by atoms with Crippen LogP contribution < -0.4 is 5.19 Å². The van der Waals surface area contributed by atoms with E-state index in [2.05, 4.69) is 210 Å². The predicted molar refractivity (Wildman–Crippen MR) is 254 cm³/mol. The fourth-order valence-electron chi connectivity index (χ4n) is 7.94. The van der Waals surface area contributed by atoms with E-state index >= 15 is 0 Å². The van der Waals surface area contributed by atoms with Crippen LogP contribution >= 0.6 is 0 Å². The van der Waals surface area contributed by atoms with E-state index in [-0.39, 0.29) is 20.1 Å². The SMILES string of the molecule is CC(C)Cc1cc(-c2[c-]cccc2)ncc1[Si](C)(C)C.CC(C)c1cc(-c2ccccc2)cc(C(C)C)c1-n1c(-c2[c-]ccc(-c3ccccc3)c2)nc2ccccc21.[Ir]. The summed E-state index contributed by atoms with van der Waals surface area (Å²) >= 11 is 0. The van der Waals surface area contributed by atoms with Gasteiger partial charge in [0, 0.05) is 32.0 Å². The summed E-state index contributed by atoms with van der Waals surface area (Å²) < 4.78 is 2.38. The largest absolute Gasteiger partial charge is 0.333 e. The molecule has 1 radical (unpaired) electrons. The molecule has 2 aromatic heterocycles. The third-order valence-electron chi connectivity index (χ3n) is 10.9. The average molecular weight is 980 g/mol. The number of hydrogen-bond donors (Lipinski definition) is 0. The van der Waals surface area contributed by atoms with Crippen molar-refractivity contribution in [2.45, 2.75) is 79.4 Å². The molecule has 0 saturated heterocycles. The van der Waals surface area contributed by atoms with Gasteiger partial charge in [-0.25, -0.2) is 0 Å². The van der Waals surface area contributed by atoms with Gasteiger partial charge < -0.3 is 9.55 Å². The zero-order chi connectivity index (χ0) is 41.7. The van der Waals surface area contributed by atoms with E-state index in [1.165, 1.54) is 44.3 Å². The molecule has 0 aliphatic carbocycles. The van der Waals surface area contributed by atoms with Crippen LogP contribution in [0.4, 0.5) is 0 Å². The minimum atomic E-state index is -1.34. The molecule has 2 heterocycles. The number of benzene rings is 6. The maximum absolute atomic E-state index is 5.21. The molecule has 0 spiro atoms. The molecule has 60 heavy (non-hydrogen) atoms. The minimum absolute atomic E-state index is 0. The molecule has 8 rings (SSSR count). The topological polar surface area (TPSA) is 30.7 Å². The summed E-state index contributed by atoms with van der Waals surface area (Å²) in [6.07, 6.45) is 3.24. The van der Waals surface area contributed by atoms with Gasteiger partial charge in [0.1, 0.15) is 0 Å². The molecule has 8 aromatic rings. The molecule has 0 fully saturated rings. The van der Waals surface area contributed by atoms with Crippen LogP contribution in [0.2, 0.25) is 19.6 Å². The molecular weight excluding hydrogens is 923 g/mol. The zero-order valence-electron chi connectivity index (χ0n) is 36.5. The number of aromatic nitrogens is 3. The standard InChI is InChI=1S/C37H33N2.C18H24NSi.Ir/c1-25(2)32-23-31(28-16-9-6-10-17-28)24-33(26(3)4)36(32)39-35-21-12-11-20-34(35)38-37(39)30-19-13-18-29(22-30)27-14-7-5-8-15-27;1-14(2)11-16-12-17(15-9-7-6-8-10-15)19-13-18(16)20(3,4)5;/h5-18,20-26H,1-4H3;6-9,12-14H,11H2,1-5H3;/q2*-1;. The molecule has 0 aliphatic rings. The van der Waals surface area contributed by atoms with Gasteiger partial charge in [-0.3, -0.25) is 4.98 Å². The molecule has 0 N–H and O–H groups in total. The van der Waals surface area contributed by atoms with E-state index in [1.54, 1.807) is 0 Å². The van der Waals surface area contributed by atoms with Gasteiger partial charge >= 0.3 is 0 Å². The van der Waals surface area contributed by atoms with E-state index in [1.807, 2.05) is 24.3 Å². The summed E-state index contributed by atoms with van der Waals surface area (Å²) in [7, 11) is -1.34. The Morgan fingerprint density at radius 2 is 1.17 bits per heavy atom. The number of hydrogen-bond acceptors (Lipinski definition) is 2. The maximum atomic E-state index is 5.21. The fraction of sp³-hybridized carbons (Fsp3) is 0.236. The van der Waals surface area contributed by atoms with Crippen molar-refractivity contribution in [2.24, 2.45) is 5.92 Å². The Bertz CT molecular complexity index is 2610. The second-order valence-corrected chi connectivity index (χ2v) is 22.7. The van der Waals surface area contributed by atoms with Crippen LogP contribution in [0.5, 0.6) is 0 Å². The van der Waals surface area contributed by atoms with E-state index in [0.717, 1.165) is 45.7 Å². The van der Waals surface area contributed by atoms with Crippen molar-refractivity contribution in [3.8, 4) is 50.6 Å². The van der Waals surface area contributed by atoms with Crippen molar-refractivity contribution in [1.82, 2.24) is 14.5 Å². The first-order valence-corrected chi connectivity index (χ1v) is 24.6. The predicted octanol–water partition coefficient (Wildman–Crippen LogP) is 14.4. The number of fused-ring (bicyclic) bond motifs is 1. The molecule has 307 valence electrons. The minimum Gasteiger partial charge on any atom is -0.333 e. The van der Waals surface area contributed by atoms with Gasteiger partial charge in [0.25, 0.3) is 0 Å². The summed E-state index contributed by atoms with van der Waals surface area (Å²) in [5.74, 6) is 2.25. The third kappa shape index (κ3) is 10.0. The summed E-state index contributed by atoms with van der Waals surface area (Å²) in [6.45, 7) is 20.9. The first-order chi connectivity index (χ1) is 28.4. The van der Waals surface area contributed by atoms with Crippen molar-refractivity contribution in [3.63, 3.8) is 0 Å². The van der Waals surface area contributed by atoms with E-state index in [4.69, 9.17) is 4.98 Å². The monoisotopic (exact) mass is 980 g/mol. The Balaban J connectivity index is 0.000000243. The number of pyridine rings is 1. The Labute approximate surface area is 373 Å². The van der Waals surface area contributed by atoms with E-state index in [9.17, 15) is 0 Å². The third-order valence-corrected chi connectivity index (χ3v) is 12.9. The average Bonchev–Trinajstić information content (AvgIpc) is 3.63. The van der Waals surface area contributed by atoms with Crippen LogP contribution in [0.1, 0.15) is 70.1 Å². The number of imidazole rings is 1.